The molecule has 34 heavy (non-hydrogen) atoms. The summed E-state index contributed by atoms with van der Waals surface area (Å²) < 4.78 is 27.2. The molecule has 1 aromatic carbocycles. The lowest BCUT2D eigenvalue weighted by Gasteiger charge is -2.23. The summed E-state index contributed by atoms with van der Waals surface area (Å²) in [7, 11) is 3.17. The molecule has 1 aliphatic rings. The van der Waals surface area contributed by atoms with Crippen molar-refractivity contribution in [1.82, 2.24) is 14.8 Å². The second-order valence-electron chi connectivity index (χ2n) is 8.53. The van der Waals surface area contributed by atoms with Crippen LogP contribution in [0.25, 0.3) is 10.9 Å². The van der Waals surface area contributed by atoms with Crippen LogP contribution in [0.1, 0.15) is 30.1 Å². The van der Waals surface area contributed by atoms with E-state index in [1.807, 2.05) is 25.1 Å². The zero-order valence-corrected chi connectivity index (χ0v) is 19.5. The van der Waals surface area contributed by atoms with Gasteiger partial charge in [-0.05, 0) is 49.9 Å². The van der Waals surface area contributed by atoms with Crippen molar-refractivity contribution in [2.24, 2.45) is 17.4 Å². The van der Waals surface area contributed by atoms with Crippen molar-refractivity contribution in [2.75, 3.05) is 31.5 Å². The van der Waals surface area contributed by atoms with Gasteiger partial charge in [-0.25, -0.2) is 9.37 Å². The fraction of sp³-hybridized carbons (Fsp3) is 0.435. The SMILES string of the molecule is COCCn1nc(OC)c2cc(Nc3nc(N[C@H](C4CC4)[C@H](C)N)c(F)cc3C(N)=O)ccc21. The highest BCUT2D eigenvalue weighted by Crippen LogP contribution is 2.36. The van der Waals surface area contributed by atoms with Crippen LogP contribution in [-0.2, 0) is 11.3 Å². The maximum absolute atomic E-state index is 14.8. The quantitative estimate of drug-likeness (QED) is 0.334. The molecule has 1 aliphatic carbocycles. The molecule has 3 aromatic rings. The summed E-state index contributed by atoms with van der Waals surface area (Å²) in [6, 6.07) is 6.28. The number of halogens is 1. The van der Waals surface area contributed by atoms with E-state index in [0.29, 0.717) is 30.6 Å². The summed E-state index contributed by atoms with van der Waals surface area (Å²) in [4.78, 5) is 16.4. The van der Waals surface area contributed by atoms with E-state index in [2.05, 4.69) is 20.7 Å². The molecule has 0 unspecified atom stereocenters. The maximum atomic E-state index is 14.8. The van der Waals surface area contributed by atoms with Crippen molar-refractivity contribution >= 4 is 34.1 Å². The molecule has 0 radical (unpaired) electrons. The minimum Gasteiger partial charge on any atom is -0.479 e. The number of carbonyl (C=O) groups excluding carboxylic acids is 1. The number of ether oxygens (including phenoxy) is 2. The zero-order valence-electron chi connectivity index (χ0n) is 19.5. The Labute approximate surface area is 196 Å². The third-order valence-corrected chi connectivity index (χ3v) is 5.92. The molecule has 0 bridgehead atoms. The first kappa shape index (κ1) is 23.7. The average molecular weight is 472 g/mol. The lowest BCUT2D eigenvalue weighted by Crippen LogP contribution is -2.40. The van der Waals surface area contributed by atoms with Crippen LogP contribution in [0.15, 0.2) is 24.3 Å². The number of nitrogens with two attached hydrogens (primary N) is 2. The van der Waals surface area contributed by atoms with Gasteiger partial charge in [-0.2, -0.15) is 0 Å². The van der Waals surface area contributed by atoms with Gasteiger partial charge in [0.1, 0.15) is 5.82 Å². The summed E-state index contributed by atoms with van der Waals surface area (Å²) in [5.74, 6) is -0.477. The highest BCUT2D eigenvalue weighted by atomic mass is 19.1. The standard InChI is InChI=1S/C23H30FN7O3/c1-12(25)19(13-4-5-13)28-22-17(24)11-16(20(26)32)21(29-22)27-14-6-7-18-15(10-14)23(34-3)30-31(18)8-9-33-2/h6-7,10-13,19H,4-5,8-9,25H2,1-3H3,(H2,26,32)(H2,27,28,29)/t12-,19-/m0/s1. The number of carbonyl (C=O) groups is 1. The number of nitrogens with one attached hydrogen (secondary N) is 2. The number of benzene rings is 1. The van der Waals surface area contributed by atoms with E-state index in [4.69, 9.17) is 20.9 Å². The summed E-state index contributed by atoms with van der Waals surface area (Å²) >= 11 is 0. The number of fused-ring (bicyclic) bond motifs is 1. The first-order chi connectivity index (χ1) is 16.3. The summed E-state index contributed by atoms with van der Waals surface area (Å²) in [5.41, 5.74) is 13.0. The molecule has 11 heteroatoms. The van der Waals surface area contributed by atoms with E-state index in [0.717, 1.165) is 29.8 Å². The number of hydrogen-bond donors (Lipinski definition) is 4. The van der Waals surface area contributed by atoms with Gasteiger partial charge < -0.3 is 31.6 Å². The Kier molecular flexibility index (Phi) is 6.85. The Hall–Kier alpha value is -3.44. The van der Waals surface area contributed by atoms with Crippen LogP contribution in [0.3, 0.4) is 0 Å². The lowest BCUT2D eigenvalue weighted by atomic mass is 10.1. The van der Waals surface area contributed by atoms with Crippen molar-refractivity contribution < 1.29 is 18.7 Å². The maximum Gasteiger partial charge on any atom is 0.252 e. The highest BCUT2D eigenvalue weighted by Gasteiger charge is 2.34. The number of methoxy groups -OCH3 is 2. The Bertz CT molecular complexity index is 1190. The molecular formula is C23H30FN7O3. The zero-order chi connectivity index (χ0) is 24.4. The van der Waals surface area contributed by atoms with Gasteiger partial charge >= 0.3 is 0 Å². The number of pyridine rings is 1. The van der Waals surface area contributed by atoms with Gasteiger partial charge in [-0.15, -0.1) is 5.10 Å². The molecule has 0 aliphatic heterocycles. The van der Waals surface area contributed by atoms with Crippen LogP contribution in [0, 0.1) is 11.7 Å². The number of rotatable bonds is 11. The molecule has 2 atom stereocenters. The highest BCUT2D eigenvalue weighted by molar-refractivity contribution is 5.99. The third kappa shape index (κ3) is 4.90. The molecule has 10 nitrogen and oxygen atoms in total. The van der Waals surface area contributed by atoms with Crippen LogP contribution >= 0.6 is 0 Å². The average Bonchev–Trinajstić information content (AvgIpc) is 3.58. The van der Waals surface area contributed by atoms with Crippen LogP contribution in [-0.4, -0.2) is 53.6 Å². The molecule has 6 N–H and O–H groups in total. The van der Waals surface area contributed by atoms with E-state index in [1.54, 1.807) is 18.9 Å². The van der Waals surface area contributed by atoms with Gasteiger partial charge in [-0.3, -0.25) is 9.48 Å². The second-order valence-corrected chi connectivity index (χ2v) is 8.53. The van der Waals surface area contributed by atoms with Crippen molar-refractivity contribution in [2.45, 2.75) is 38.4 Å². The van der Waals surface area contributed by atoms with Crippen LogP contribution in [0.2, 0.25) is 0 Å². The van der Waals surface area contributed by atoms with Crippen molar-refractivity contribution in [3.05, 3.63) is 35.6 Å². The van der Waals surface area contributed by atoms with Gasteiger partial charge in [0.25, 0.3) is 5.91 Å². The summed E-state index contributed by atoms with van der Waals surface area (Å²) in [6.45, 7) is 2.94. The minimum atomic E-state index is -0.794. The lowest BCUT2D eigenvalue weighted by molar-refractivity contribution is 0.100. The molecule has 1 amide bonds. The van der Waals surface area contributed by atoms with E-state index >= 15 is 0 Å². The second kappa shape index (κ2) is 9.82. The third-order valence-electron chi connectivity index (χ3n) is 5.92. The fourth-order valence-electron chi connectivity index (χ4n) is 4.03. The summed E-state index contributed by atoms with van der Waals surface area (Å²) in [6.07, 6.45) is 2.07. The fourth-order valence-corrected chi connectivity index (χ4v) is 4.03. The smallest absolute Gasteiger partial charge is 0.252 e. The molecule has 1 saturated carbocycles. The molecule has 0 spiro atoms. The number of anilines is 3. The van der Waals surface area contributed by atoms with Crippen LogP contribution in [0.4, 0.5) is 21.7 Å². The Morgan fingerprint density at radius 2 is 2.06 bits per heavy atom. The van der Waals surface area contributed by atoms with E-state index in [9.17, 15) is 9.18 Å². The predicted octanol–water partition coefficient (Wildman–Crippen LogP) is 2.61. The molecule has 0 saturated heterocycles. The molecule has 1 fully saturated rings. The minimum absolute atomic E-state index is 0.0211. The number of nitrogens with zero attached hydrogens (tertiary/aromatic N) is 3. The van der Waals surface area contributed by atoms with Crippen molar-refractivity contribution in [1.29, 1.82) is 0 Å². The largest absolute Gasteiger partial charge is 0.479 e. The van der Waals surface area contributed by atoms with Gasteiger partial charge in [-0.1, -0.05) is 0 Å². The van der Waals surface area contributed by atoms with E-state index in [1.165, 1.54) is 0 Å². The molecule has 2 heterocycles. The van der Waals surface area contributed by atoms with E-state index < -0.39 is 11.7 Å². The first-order valence-corrected chi connectivity index (χ1v) is 11.1. The Morgan fingerprint density at radius 1 is 1.29 bits per heavy atom. The predicted molar refractivity (Wildman–Crippen MR) is 128 cm³/mol. The number of aromatic nitrogens is 3. The van der Waals surface area contributed by atoms with Crippen LogP contribution < -0.4 is 26.8 Å². The molecule has 182 valence electrons. The van der Waals surface area contributed by atoms with Crippen molar-refractivity contribution in [3.63, 3.8) is 0 Å². The monoisotopic (exact) mass is 471 g/mol. The summed E-state index contributed by atoms with van der Waals surface area (Å²) in [5, 5.41) is 11.4. The van der Waals surface area contributed by atoms with Gasteiger partial charge in [0.2, 0.25) is 5.88 Å². The Balaban J connectivity index is 1.68. The first-order valence-electron chi connectivity index (χ1n) is 11.1. The van der Waals surface area contributed by atoms with Crippen LogP contribution in [0.5, 0.6) is 5.88 Å². The normalized spacial score (nSPS) is 15.2. The Morgan fingerprint density at radius 3 is 2.68 bits per heavy atom. The van der Waals surface area contributed by atoms with Gasteiger partial charge in [0, 0.05) is 24.9 Å². The molecule has 2 aromatic heterocycles. The molecule has 4 rings (SSSR count). The number of primary amides is 1. The topological polar surface area (TPSA) is 142 Å². The number of amides is 1. The van der Waals surface area contributed by atoms with E-state index in [-0.39, 0.29) is 29.3 Å². The molecular weight excluding hydrogens is 441 g/mol. The van der Waals surface area contributed by atoms with Gasteiger partial charge in [0.15, 0.2) is 11.6 Å². The van der Waals surface area contributed by atoms with Gasteiger partial charge in [0.05, 0.1) is 36.7 Å². The van der Waals surface area contributed by atoms with Crippen molar-refractivity contribution in [3.8, 4) is 5.88 Å². The number of hydrogen-bond acceptors (Lipinski definition) is 8.